The first-order chi connectivity index (χ1) is 13.8. The predicted octanol–water partition coefficient (Wildman–Crippen LogP) is 4.23. The van der Waals surface area contributed by atoms with Crippen LogP contribution in [0.3, 0.4) is 0 Å². The average Bonchev–Trinajstić information content (AvgIpc) is 3.19. The second-order valence-electron chi connectivity index (χ2n) is 6.16. The summed E-state index contributed by atoms with van der Waals surface area (Å²) >= 11 is 2.88. The smallest absolute Gasteiger partial charge is 0.238 e. The minimum absolute atomic E-state index is 0.0230. The normalized spacial score (nSPS) is 15.6. The first-order valence-corrected chi connectivity index (χ1v) is 10.9. The van der Waals surface area contributed by atoms with Gasteiger partial charge in [0.1, 0.15) is 12.4 Å². The fraction of sp³-hybridized carbons (Fsp3) is 0.250. The maximum atomic E-state index is 13.2. The first kappa shape index (κ1) is 18.8. The minimum Gasteiger partial charge on any atom is -0.489 e. The van der Waals surface area contributed by atoms with E-state index in [9.17, 15) is 4.79 Å². The molecular weight excluding hydrogens is 392 g/mol. The van der Waals surface area contributed by atoms with Crippen LogP contribution in [0, 0.1) is 0 Å². The SMILES string of the molecule is CCNc1nnc(SCC(=O)N2c3ccccc3OC[C@@H]2c2ccccc2)s1. The van der Waals surface area contributed by atoms with Crippen molar-refractivity contribution in [3.8, 4) is 5.75 Å². The van der Waals surface area contributed by atoms with E-state index in [-0.39, 0.29) is 11.9 Å². The third-order valence-electron chi connectivity index (χ3n) is 4.34. The van der Waals surface area contributed by atoms with Gasteiger partial charge in [0.05, 0.1) is 17.5 Å². The van der Waals surface area contributed by atoms with E-state index in [2.05, 4.69) is 15.5 Å². The van der Waals surface area contributed by atoms with E-state index in [1.807, 2.05) is 66.4 Å². The van der Waals surface area contributed by atoms with Gasteiger partial charge >= 0.3 is 0 Å². The molecular formula is C20H20N4O2S2. The highest BCUT2D eigenvalue weighted by molar-refractivity contribution is 8.01. The van der Waals surface area contributed by atoms with Gasteiger partial charge in [-0.25, -0.2) is 0 Å². The Bertz CT molecular complexity index is 948. The van der Waals surface area contributed by atoms with Gasteiger partial charge < -0.3 is 10.1 Å². The van der Waals surface area contributed by atoms with Crippen LogP contribution in [0.5, 0.6) is 5.75 Å². The average molecular weight is 413 g/mol. The van der Waals surface area contributed by atoms with E-state index in [0.717, 1.165) is 33.0 Å². The zero-order valence-corrected chi connectivity index (χ0v) is 17.0. The summed E-state index contributed by atoms with van der Waals surface area (Å²) in [6, 6.07) is 17.5. The van der Waals surface area contributed by atoms with Crippen molar-refractivity contribution in [3.63, 3.8) is 0 Å². The molecule has 0 saturated heterocycles. The van der Waals surface area contributed by atoms with Crippen LogP contribution in [0.4, 0.5) is 10.8 Å². The lowest BCUT2D eigenvalue weighted by Gasteiger charge is -2.37. The summed E-state index contributed by atoms with van der Waals surface area (Å²) < 4.78 is 6.71. The Balaban J connectivity index is 1.56. The number of carbonyl (C=O) groups is 1. The molecule has 1 atom stereocenters. The highest BCUT2D eigenvalue weighted by Gasteiger charge is 2.33. The maximum absolute atomic E-state index is 13.2. The molecule has 0 saturated carbocycles. The quantitative estimate of drug-likeness (QED) is 0.611. The number of nitrogens with one attached hydrogen (secondary N) is 1. The number of aromatic nitrogens is 2. The van der Waals surface area contributed by atoms with E-state index in [4.69, 9.17) is 4.74 Å². The summed E-state index contributed by atoms with van der Waals surface area (Å²) in [7, 11) is 0. The summed E-state index contributed by atoms with van der Waals surface area (Å²) in [6.07, 6.45) is 0. The van der Waals surface area contributed by atoms with E-state index in [1.165, 1.54) is 23.1 Å². The molecule has 1 aromatic heterocycles. The Labute approximate surface area is 171 Å². The zero-order valence-electron chi connectivity index (χ0n) is 15.4. The Kier molecular flexibility index (Phi) is 5.78. The van der Waals surface area contributed by atoms with Crippen LogP contribution in [0.25, 0.3) is 0 Å². The van der Waals surface area contributed by atoms with Gasteiger partial charge in [-0.2, -0.15) is 0 Å². The van der Waals surface area contributed by atoms with Gasteiger partial charge in [0, 0.05) is 6.54 Å². The monoisotopic (exact) mass is 412 g/mol. The molecule has 2 aromatic carbocycles. The zero-order chi connectivity index (χ0) is 19.3. The standard InChI is InChI=1S/C20H20N4O2S2/c1-2-21-19-22-23-20(28-19)27-13-18(25)24-15-10-6-7-11-17(15)26-12-16(24)14-8-4-3-5-9-14/h3-11,16H,2,12-13H2,1H3,(H,21,22)/t16-/m1/s1. The third-order valence-corrected chi connectivity index (χ3v) is 6.34. The summed E-state index contributed by atoms with van der Waals surface area (Å²) in [4.78, 5) is 15.1. The molecule has 0 fully saturated rings. The van der Waals surface area contributed by atoms with Crippen LogP contribution >= 0.6 is 23.1 Å². The molecule has 144 valence electrons. The van der Waals surface area contributed by atoms with Gasteiger partial charge in [-0.3, -0.25) is 9.69 Å². The van der Waals surface area contributed by atoms with E-state index < -0.39 is 0 Å². The molecule has 1 aliphatic rings. The van der Waals surface area contributed by atoms with Crippen molar-refractivity contribution < 1.29 is 9.53 Å². The lowest BCUT2D eigenvalue weighted by molar-refractivity contribution is -0.117. The van der Waals surface area contributed by atoms with Crippen LogP contribution < -0.4 is 15.0 Å². The number of anilines is 2. The summed E-state index contributed by atoms with van der Waals surface area (Å²) in [6.45, 7) is 3.24. The molecule has 3 aromatic rings. The lowest BCUT2D eigenvalue weighted by Crippen LogP contribution is -2.42. The number of ether oxygens (including phenoxy) is 1. The number of nitrogens with zero attached hydrogens (tertiary/aromatic N) is 3. The maximum Gasteiger partial charge on any atom is 0.238 e. The Hall–Kier alpha value is -2.58. The molecule has 6 nitrogen and oxygen atoms in total. The van der Waals surface area contributed by atoms with Gasteiger partial charge in [-0.15, -0.1) is 10.2 Å². The van der Waals surface area contributed by atoms with Crippen LogP contribution in [0.15, 0.2) is 58.9 Å². The van der Waals surface area contributed by atoms with Crippen molar-refractivity contribution in [2.75, 3.05) is 29.1 Å². The fourth-order valence-corrected chi connectivity index (χ4v) is 4.78. The Morgan fingerprint density at radius 2 is 2.00 bits per heavy atom. The van der Waals surface area contributed by atoms with Gasteiger partial charge in [-0.05, 0) is 24.6 Å². The van der Waals surface area contributed by atoms with Crippen LogP contribution in [0.1, 0.15) is 18.5 Å². The molecule has 1 N–H and O–H groups in total. The molecule has 2 heterocycles. The highest BCUT2D eigenvalue weighted by Crippen LogP contribution is 2.40. The van der Waals surface area contributed by atoms with Crippen molar-refractivity contribution in [2.24, 2.45) is 0 Å². The summed E-state index contributed by atoms with van der Waals surface area (Å²) in [5.74, 6) is 1.05. The Morgan fingerprint density at radius 3 is 2.82 bits per heavy atom. The van der Waals surface area contributed by atoms with Gasteiger partial charge in [0.15, 0.2) is 4.34 Å². The number of hydrogen-bond acceptors (Lipinski definition) is 7. The number of thioether (sulfide) groups is 1. The highest BCUT2D eigenvalue weighted by atomic mass is 32.2. The second-order valence-corrected chi connectivity index (χ2v) is 8.36. The molecule has 0 spiro atoms. The first-order valence-electron chi connectivity index (χ1n) is 9.05. The van der Waals surface area contributed by atoms with Crippen LogP contribution in [0.2, 0.25) is 0 Å². The van der Waals surface area contributed by atoms with Crippen molar-refractivity contribution in [1.82, 2.24) is 10.2 Å². The lowest BCUT2D eigenvalue weighted by atomic mass is 10.0. The second kappa shape index (κ2) is 8.62. The van der Waals surface area contributed by atoms with Gasteiger partial charge in [-0.1, -0.05) is 65.6 Å². The van der Waals surface area contributed by atoms with Gasteiger partial charge in [0.2, 0.25) is 11.0 Å². The minimum atomic E-state index is -0.157. The summed E-state index contributed by atoms with van der Waals surface area (Å²) in [5.41, 5.74) is 1.86. The predicted molar refractivity (Wildman–Crippen MR) is 113 cm³/mol. The molecule has 0 bridgehead atoms. The molecule has 0 radical (unpaired) electrons. The molecule has 1 amide bonds. The van der Waals surface area contributed by atoms with Crippen molar-refractivity contribution in [1.29, 1.82) is 0 Å². The van der Waals surface area contributed by atoms with Crippen LogP contribution in [-0.2, 0) is 4.79 Å². The number of hydrogen-bond donors (Lipinski definition) is 1. The number of fused-ring (bicyclic) bond motifs is 1. The van der Waals surface area contributed by atoms with E-state index >= 15 is 0 Å². The summed E-state index contributed by atoms with van der Waals surface area (Å²) in [5, 5.41) is 12.1. The molecule has 1 aliphatic heterocycles. The topological polar surface area (TPSA) is 67.4 Å². The number of benzene rings is 2. The Morgan fingerprint density at radius 1 is 1.21 bits per heavy atom. The third kappa shape index (κ3) is 3.98. The molecule has 0 aliphatic carbocycles. The molecule has 28 heavy (non-hydrogen) atoms. The number of para-hydroxylation sites is 2. The molecule has 8 heteroatoms. The van der Waals surface area contributed by atoms with Crippen molar-refractivity contribution in [3.05, 3.63) is 60.2 Å². The fourth-order valence-electron chi connectivity index (χ4n) is 3.10. The molecule has 4 rings (SSSR count). The molecule has 0 unspecified atom stereocenters. The van der Waals surface area contributed by atoms with E-state index in [1.54, 1.807) is 0 Å². The number of amides is 1. The van der Waals surface area contributed by atoms with E-state index in [0.29, 0.717) is 12.4 Å². The largest absolute Gasteiger partial charge is 0.489 e. The van der Waals surface area contributed by atoms with Crippen LogP contribution in [-0.4, -0.2) is 35.0 Å². The van der Waals surface area contributed by atoms with Crippen molar-refractivity contribution >= 4 is 39.8 Å². The van der Waals surface area contributed by atoms with Gasteiger partial charge in [0.25, 0.3) is 0 Å². The number of rotatable bonds is 6. The number of carbonyl (C=O) groups excluding carboxylic acids is 1. The van der Waals surface area contributed by atoms with Crippen molar-refractivity contribution in [2.45, 2.75) is 17.3 Å².